The van der Waals surface area contributed by atoms with Crippen LogP contribution in [-0.2, 0) is 0 Å². The van der Waals surface area contributed by atoms with Crippen molar-refractivity contribution in [2.24, 2.45) is 0 Å². The van der Waals surface area contributed by atoms with Gasteiger partial charge >= 0.3 is 0 Å². The van der Waals surface area contributed by atoms with Gasteiger partial charge in [0, 0.05) is 17.8 Å². The maximum atomic E-state index is 12.4. The van der Waals surface area contributed by atoms with Crippen molar-refractivity contribution in [1.82, 2.24) is 0 Å². The van der Waals surface area contributed by atoms with Crippen molar-refractivity contribution < 1.29 is 19.4 Å². The van der Waals surface area contributed by atoms with Gasteiger partial charge in [-0.15, -0.1) is 0 Å². The van der Waals surface area contributed by atoms with Crippen molar-refractivity contribution in [1.29, 1.82) is 0 Å². The number of benzene rings is 2. The predicted octanol–water partition coefficient (Wildman–Crippen LogP) is 2.90. The Labute approximate surface area is 132 Å². The van der Waals surface area contributed by atoms with Crippen LogP contribution in [0.5, 0.6) is 17.2 Å². The van der Waals surface area contributed by atoms with Crippen LogP contribution in [-0.4, -0.2) is 25.2 Å². The van der Waals surface area contributed by atoms with E-state index in [0.29, 0.717) is 17.2 Å². The fourth-order valence-corrected chi connectivity index (χ4v) is 2.09. The number of nitrogens with two attached hydrogens (primary N) is 1. The summed E-state index contributed by atoms with van der Waals surface area (Å²) in [5, 5.41) is 12.2. The number of rotatable bonds is 4. The molecule has 2 aromatic carbocycles. The number of aromatic hydroxyl groups is 1. The van der Waals surface area contributed by atoms with Gasteiger partial charge in [-0.2, -0.15) is 0 Å². The van der Waals surface area contributed by atoms with Crippen LogP contribution in [0.4, 0.5) is 11.4 Å². The van der Waals surface area contributed by atoms with E-state index in [4.69, 9.17) is 26.8 Å². The third-order valence-corrected chi connectivity index (χ3v) is 3.30. The standard InChI is InChI=1S/C15H15ClN2O4/c1-21-9-6-11(17)14(13(7-9)22-2)15(20)18-8-3-4-12(19)10(16)5-8/h3-7,19H,17H2,1-2H3,(H,18,20). The first-order valence-electron chi connectivity index (χ1n) is 6.27. The number of hydrogen-bond donors (Lipinski definition) is 3. The maximum absolute atomic E-state index is 12.4. The highest BCUT2D eigenvalue weighted by Gasteiger charge is 2.18. The summed E-state index contributed by atoms with van der Waals surface area (Å²) in [5.41, 5.74) is 6.72. The molecule has 1 amide bonds. The number of phenols is 1. The number of nitrogen functional groups attached to an aromatic ring is 1. The van der Waals surface area contributed by atoms with Crippen LogP contribution < -0.4 is 20.5 Å². The molecule has 4 N–H and O–H groups in total. The van der Waals surface area contributed by atoms with E-state index in [0.717, 1.165) is 0 Å². The zero-order chi connectivity index (χ0) is 16.3. The van der Waals surface area contributed by atoms with Gasteiger partial charge in [-0.25, -0.2) is 0 Å². The van der Waals surface area contributed by atoms with Gasteiger partial charge in [0.1, 0.15) is 22.8 Å². The molecule has 0 bridgehead atoms. The molecule has 0 saturated heterocycles. The average Bonchev–Trinajstić information content (AvgIpc) is 2.49. The highest BCUT2D eigenvalue weighted by molar-refractivity contribution is 6.32. The largest absolute Gasteiger partial charge is 0.506 e. The third kappa shape index (κ3) is 3.17. The minimum absolute atomic E-state index is 0.0683. The molecule has 0 heterocycles. The first-order valence-corrected chi connectivity index (χ1v) is 6.65. The van der Waals surface area contributed by atoms with Crippen molar-refractivity contribution in [3.63, 3.8) is 0 Å². The monoisotopic (exact) mass is 322 g/mol. The molecule has 0 spiro atoms. The van der Waals surface area contributed by atoms with E-state index in [-0.39, 0.29) is 22.0 Å². The summed E-state index contributed by atoms with van der Waals surface area (Å²) in [4.78, 5) is 12.4. The van der Waals surface area contributed by atoms with Gasteiger partial charge in [-0.05, 0) is 18.2 Å². The van der Waals surface area contributed by atoms with Crippen LogP contribution in [0.25, 0.3) is 0 Å². The molecule has 0 saturated carbocycles. The van der Waals surface area contributed by atoms with Gasteiger partial charge in [0.2, 0.25) is 0 Å². The topological polar surface area (TPSA) is 93.8 Å². The van der Waals surface area contributed by atoms with Gasteiger partial charge in [-0.3, -0.25) is 4.79 Å². The molecule has 0 atom stereocenters. The summed E-state index contributed by atoms with van der Waals surface area (Å²) >= 11 is 5.81. The molecular formula is C15H15ClN2O4. The van der Waals surface area contributed by atoms with Gasteiger partial charge < -0.3 is 25.6 Å². The quantitative estimate of drug-likeness (QED) is 0.594. The molecular weight excluding hydrogens is 308 g/mol. The Kier molecular flexibility index (Phi) is 4.62. The lowest BCUT2D eigenvalue weighted by molar-refractivity contribution is 0.102. The van der Waals surface area contributed by atoms with Gasteiger partial charge in [0.05, 0.1) is 24.9 Å². The van der Waals surface area contributed by atoms with E-state index in [9.17, 15) is 9.90 Å². The number of nitrogens with one attached hydrogen (secondary N) is 1. The summed E-state index contributed by atoms with van der Waals surface area (Å²) in [6.07, 6.45) is 0. The summed E-state index contributed by atoms with van der Waals surface area (Å²) < 4.78 is 10.3. The highest BCUT2D eigenvalue weighted by atomic mass is 35.5. The maximum Gasteiger partial charge on any atom is 0.261 e. The molecule has 0 aromatic heterocycles. The molecule has 0 unspecified atom stereocenters. The van der Waals surface area contributed by atoms with Gasteiger partial charge in [0.15, 0.2) is 0 Å². The van der Waals surface area contributed by atoms with E-state index < -0.39 is 5.91 Å². The number of ether oxygens (including phenoxy) is 2. The minimum atomic E-state index is -0.459. The summed E-state index contributed by atoms with van der Waals surface area (Å²) in [6.45, 7) is 0. The van der Waals surface area contributed by atoms with Crippen LogP contribution in [0.3, 0.4) is 0 Å². The SMILES string of the molecule is COc1cc(N)c(C(=O)Nc2ccc(O)c(Cl)c2)c(OC)c1. The van der Waals surface area contributed by atoms with Crippen LogP contribution in [0.15, 0.2) is 30.3 Å². The number of hydrogen-bond acceptors (Lipinski definition) is 5. The molecule has 0 aliphatic rings. The Morgan fingerprint density at radius 3 is 2.55 bits per heavy atom. The van der Waals surface area contributed by atoms with Crippen molar-refractivity contribution in [3.8, 4) is 17.2 Å². The summed E-state index contributed by atoms with van der Waals surface area (Å²) in [6, 6.07) is 7.43. The van der Waals surface area contributed by atoms with E-state index >= 15 is 0 Å². The van der Waals surface area contributed by atoms with Crippen LogP contribution in [0.1, 0.15) is 10.4 Å². The van der Waals surface area contributed by atoms with Crippen molar-refractivity contribution in [2.75, 3.05) is 25.3 Å². The van der Waals surface area contributed by atoms with E-state index in [1.807, 2.05) is 0 Å². The second-order valence-electron chi connectivity index (χ2n) is 4.41. The molecule has 0 aliphatic heterocycles. The molecule has 116 valence electrons. The number of carbonyl (C=O) groups excluding carboxylic acids is 1. The van der Waals surface area contributed by atoms with Gasteiger partial charge in [-0.1, -0.05) is 11.6 Å². The summed E-state index contributed by atoms with van der Waals surface area (Å²) in [7, 11) is 2.93. The van der Waals surface area contributed by atoms with Crippen LogP contribution in [0.2, 0.25) is 5.02 Å². The Bertz CT molecular complexity index is 719. The minimum Gasteiger partial charge on any atom is -0.506 e. The van der Waals surface area contributed by atoms with Crippen molar-refractivity contribution >= 4 is 28.9 Å². The van der Waals surface area contributed by atoms with E-state index in [2.05, 4.69) is 5.32 Å². The molecule has 0 radical (unpaired) electrons. The highest BCUT2D eigenvalue weighted by Crippen LogP contribution is 2.32. The van der Waals surface area contributed by atoms with Crippen molar-refractivity contribution in [2.45, 2.75) is 0 Å². The Morgan fingerprint density at radius 2 is 1.95 bits per heavy atom. The number of methoxy groups -OCH3 is 2. The fourth-order valence-electron chi connectivity index (χ4n) is 1.91. The smallest absolute Gasteiger partial charge is 0.261 e. The second-order valence-corrected chi connectivity index (χ2v) is 4.82. The number of halogens is 1. The zero-order valence-electron chi connectivity index (χ0n) is 12.0. The average molecular weight is 323 g/mol. The third-order valence-electron chi connectivity index (χ3n) is 2.99. The normalized spacial score (nSPS) is 10.1. The predicted molar refractivity (Wildman–Crippen MR) is 85.0 cm³/mol. The second kappa shape index (κ2) is 6.44. The van der Waals surface area contributed by atoms with Crippen LogP contribution in [0, 0.1) is 0 Å². The number of phenolic OH excluding ortho intramolecular Hbond substituents is 1. The Hall–Kier alpha value is -2.60. The fraction of sp³-hybridized carbons (Fsp3) is 0.133. The molecule has 2 rings (SSSR count). The Balaban J connectivity index is 2.34. The molecule has 22 heavy (non-hydrogen) atoms. The lowest BCUT2D eigenvalue weighted by atomic mass is 10.1. The number of anilines is 2. The summed E-state index contributed by atoms with van der Waals surface area (Å²) in [5.74, 6) is 0.248. The lowest BCUT2D eigenvalue weighted by Gasteiger charge is -2.13. The molecule has 0 fully saturated rings. The zero-order valence-corrected chi connectivity index (χ0v) is 12.8. The first-order chi connectivity index (χ1) is 10.5. The first kappa shape index (κ1) is 15.8. The van der Waals surface area contributed by atoms with Crippen molar-refractivity contribution in [3.05, 3.63) is 40.9 Å². The molecule has 7 heteroatoms. The van der Waals surface area contributed by atoms with Gasteiger partial charge in [0.25, 0.3) is 5.91 Å². The van der Waals surface area contributed by atoms with Crippen LogP contribution >= 0.6 is 11.6 Å². The molecule has 6 nitrogen and oxygen atoms in total. The molecule has 2 aromatic rings. The van der Waals surface area contributed by atoms with E-state index in [1.54, 1.807) is 6.07 Å². The van der Waals surface area contributed by atoms with E-state index in [1.165, 1.54) is 38.5 Å². The number of carbonyl (C=O) groups is 1. The number of amides is 1. The lowest BCUT2D eigenvalue weighted by Crippen LogP contribution is -2.15. The Morgan fingerprint density at radius 1 is 1.23 bits per heavy atom. The molecule has 0 aliphatic carbocycles.